The first-order valence-corrected chi connectivity index (χ1v) is 6.47. The van der Waals surface area contributed by atoms with E-state index in [2.05, 4.69) is 30.7 Å². The van der Waals surface area contributed by atoms with Crippen LogP contribution in [0, 0.1) is 12.3 Å². The van der Waals surface area contributed by atoms with Crippen LogP contribution in [0.5, 0.6) is 5.88 Å². The molecule has 4 heteroatoms. The first-order chi connectivity index (χ1) is 8.20. The molecule has 1 aromatic heterocycles. The molecule has 0 amide bonds. The van der Waals surface area contributed by atoms with Crippen LogP contribution in [0.15, 0.2) is 0 Å². The van der Waals surface area contributed by atoms with Crippen LogP contribution in [0.1, 0.15) is 58.3 Å². The molecule has 0 aliphatic heterocycles. The van der Waals surface area contributed by atoms with E-state index in [-0.39, 0.29) is 11.3 Å². The maximum absolute atomic E-state index is 5.89. The Balaban J connectivity index is 2.81. The molecule has 0 bridgehead atoms. The number of aromatic nitrogens is 2. The van der Waals surface area contributed by atoms with Crippen LogP contribution in [0.3, 0.4) is 0 Å². The van der Waals surface area contributed by atoms with Crippen molar-refractivity contribution in [3.05, 3.63) is 11.4 Å². The van der Waals surface area contributed by atoms with Crippen LogP contribution < -0.4 is 10.5 Å². The minimum atomic E-state index is 0.248. The summed E-state index contributed by atoms with van der Waals surface area (Å²) in [7, 11) is 0. The maximum Gasteiger partial charge on any atom is 0.221 e. The summed E-state index contributed by atoms with van der Waals surface area (Å²) in [6.07, 6.45) is 0.980. The van der Waals surface area contributed by atoms with Gasteiger partial charge in [0.25, 0.3) is 0 Å². The predicted molar refractivity (Wildman–Crippen MR) is 74.8 cm³/mol. The van der Waals surface area contributed by atoms with Crippen molar-refractivity contribution in [1.29, 1.82) is 0 Å². The Kier molecular flexibility index (Phi) is 4.54. The van der Waals surface area contributed by atoms with Crippen LogP contribution in [-0.4, -0.2) is 16.6 Å². The molecule has 4 nitrogen and oxygen atoms in total. The second kappa shape index (κ2) is 5.55. The highest BCUT2D eigenvalue weighted by atomic mass is 16.5. The summed E-state index contributed by atoms with van der Waals surface area (Å²) >= 11 is 0. The van der Waals surface area contributed by atoms with E-state index in [1.165, 1.54) is 0 Å². The zero-order valence-electron chi connectivity index (χ0n) is 12.4. The molecule has 0 atom stereocenters. The normalized spacial score (nSPS) is 11.9. The Morgan fingerprint density at radius 3 is 2.33 bits per heavy atom. The molecule has 1 aromatic rings. The lowest BCUT2D eigenvalue weighted by Gasteiger charge is -2.19. The van der Waals surface area contributed by atoms with Gasteiger partial charge in [0.15, 0.2) is 0 Å². The smallest absolute Gasteiger partial charge is 0.221 e. The topological polar surface area (TPSA) is 61.0 Å². The molecule has 0 fully saturated rings. The van der Waals surface area contributed by atoms with Gasteiger partial charge in [-0.25, -0.2) is 4.98 Å². The van der Waals surface area contributed by atoms with E-state index in [1.807, 2.05) is 20.8 Å². The largest absolute Gasteiger partial charge is 0.477 e. The van der Waals surface area contributed by atoms with Crippen molar-refractivity contribution in [1.82, 2.24) is 9.97 Å². The molecule has 0 aliphatic carbocycles. The third-order valence-electron chi connectivity index (χ3n) is 2.76. The zero-order chi connectivity index (χ0) is 13.9. The highest BCUT2D eigenvalue weighted by Gasteiger charge is 2.14. The quantitative estimate of drug-likeness (QED) is 0.891. The molecular weight excluding hydrogens is 226 g/mol. The van der Waals surface area contributed by atoms with Crippen molar-refractivity contribution in [2.24, 2.45) is 5.41 Å². The molecule has 0 aliphatic rings. The van der Waals surface area contributed by atoms with Crippen LogP contribution >= 0.6 is 0 Å². The van der Waals surface area contributed by atoms with Gasteiger partial charge in [0.1, 0.15) is 11.6 Å². The summed E-state index contributed by atoms with van der Waals surface area (Å²) in [5.41, 5.74) is 6.97. The zero-order valence-corrected chi connectivity index (χ0v) is 12.4. The number of nitrogens with zero attached hydrogens (tertiary/aromatic N) is 2. The van der Waals surface area contributed by atoms with Gasteiger partial charge in [-0.05, 0) is 18.8 Å². The second-order valence-corrected chi connectivity index (χ2v) is 6.21. The van der Waals surface area contributed by atoms with Crippen LogP contribution in [0.25, 0.3) is 0 Å². The fraction of sp³-hybridized carbons (Fsp3) is 0.714. The Hall–Kier alpha value is -1.32. The molecule has 2 N–H and O–H groups in total. The number of anilines is 1. The molecule has 0 radical (unpaired) electrons. The van der Waals surface area contributed by atoms with E-state index in [4.69, 9.17) is 10.5 Å². The Morgan fingerprint density at radius 1 is 1.22 bits per heavy atom. The van der Waals surface area contributed by atoms with E-state index in [1.54, 1.807) is 0 Å². The summed E-state index contributed by atoms with van der Waals surface area (Å²) in [6, 6.07) is 0. The first kappa shape index (κ1) is 14.7. The molecule has 1 rings (SSSR count). The Bertz CT molecular complexity index is 408. The number of nitrogens with two attached hydrogens (primary N) is 1. The number of hydrogen-bond donors (Lipinski definition) is 1. The highest BCUT2D eigenvalue weighted by molar-refractivity contribution is 5.44. The molecule has 0 unspecified atom stereocenters. The van der Waals surface area contributed by atoms with Gasteiger partial charge in [-0.15, -0.1) is 0 Å². The summed E-state index contributed by atoms with van der Waals surface area (Å²) in [4.78, 5) is 8.72. The average molecular weight is 251 g/mol. The van der Waals surface area contributed by atoms with Gasteiger partial charge in [0.05, 0.1) is 12.2 Å². The molecule has 0 saturated heterocycles. The van der Waals surface area contributed by atoms with Crippen LogP contribution in [0.4, 0.5) is 5.82 Å². The molecule has 0 saturated carbocycles. The van der Waals surface area contributed by atoms with Gasteiger partial charge in [0.2, 0.25) is 5.88 Å². The minimum Gasteiger partial charge on any atom is -0.477 e. The Morgan fingerprint density at radius 2 is 1.83 bits per heavy atom. The molecule has 1 heterocycles. The number of ether oxygens (including phenoxy) is 1. The van der Waals surface area contributed by atoms with E-state index in [0.717, 1.165) is 17.8 Å². The predicted octanol–water partition coefficient (Wildman–Crippen LogP) is 3.31. The lowest BCUT2D eigenvalue weighted by Crippen LogP contribution is -2.13. The van der Waals surface area contributed by atoms with Gasteiger partial charge in [-0.2, -0.15) is 4.98 Å². The maximum atomic E-state index is 5.89. The van der Waals surface area contributed by atoms with Gasteiger partial charge >= 0.3 is 0 Å². The average Bonchev–Trinajstić information content (AvgIpc) is 2.21. The summed E-state index contributed by atoms with van der Waals surface area (Å²) < 4.78 is 5.75. The molecule has 102 valence electrons. The molecule has 0 aromatic carbocycles. The van der Waals surface area contributed by atoms with E-state index < -0.39 is 0 Å². The van der Waals surface area contributed by atoms with Crippen molar-refractivity contribution >= 4 is 5.82 Å². The van der Waals surface area contributed by atoms with Crippen LogP contribution in [0.2, 0.25) is 0 Å². The first-order valence-electron chi connectivity index (χ1n) is 6.47. The number of rotatable bonds is 4. The Labute approximate surface area is 110 Å². The third kappa shape index (κ3) is 4.17. The van der Waals surface area contributed by atoms with Gasteiger partial charge < -0.3 is 10.5 Å². The monoisotopic (exact) mass is 251 g/mol. The third-order valence-corrected chi connectivity index (χ3v) is 2.76. The fourth-order valence-electron chi connectivity index (χ4n) is 1.38. The highest BCUT2D eigenvalue weighted by Crippen LogP contribution is 2.24. The van der Waals surface area contributed by atoms with Crippen LogP contribution in [-0.2, 0) is 0 Å². The van der Waals surface area contributed by atoms with Crippen molar-refractivity contribution in [2.75, 3.05) is 12.3 Å². The lowest BCUT2D eigenvalue weighted by atomic mass is 9.93. The van der Waals surface area contributed by atoms with E-state index in [9.17, 15) is 0 Å². The van der Waals surface area contributed by atoms with Gasteiger partial charge in [0, 0.05) is 5.92 Å². The van der Waals surface area contributed by atoms with Crippen molar-refractivity contribution in [3.63, 3.8) is 0 Å². The van der Waals surface area contributed by atoms with Crippen molar-refractivity contribution < 1.29 is 4.74 Å². The summed E-state index contributed by atoms with van der Waals surface area (Å²) in [5, 5.41) is 0. The van der Waals surface area contributed by atoms with Crippen molar-refractivity contribution in [2.45, 2.75) is 53.9 Å². The fourth-order valence-corrected chi connectivity index (χ4v) is 1.38. The van der Waals surface area contributed by atoms with Gasteiger partial charge in [-0.3, -0.25) is 0 Å². The molecular formula is C14H25N3O. The summed E-state index contributed by atoms with van der Waals surface area (Å²) in [5.74, 6) is 2.12. The molecule has 0 spiro atoms. The lowest BCUT2D eigenvalue weighted by molar-refractivity contribution is 0.234. The summed E-state index contributed by atoms with van der Waals surface area (Å²) in [6.45, 7) is 13.2. The van der Waals surface area contributed by atoms with Crippen molar-refractivity contribution in [3.8, 4) is 5.88 Å². The number of hydrogen-bond acceptors (Lipinski definition) is 4. The number of nitrogen functional groups attached to an aromatic ring is 1. The minimum absolute atomic E-state index is 0.248. The van der Waals surface area contributed by atoms with E-state index >= 15 is 0 Å². The standard InChI is InChI=1S/C14H25N3O/c1-9(2)12-16-11(15)10(3)13(17-12)18-8-7-14(4,5)6/h9H,7-8H2,1-6H3,(H2,15,16,17). The second-order valence-electron chi connectivity index (χ2n) is 6.21. The van der Waals surface area contributed by atoms with E-state index in [0.29, 0.717) is 18.3 Å². The SMILES string of the molecule is Cc1c(N)nc(C(C)C)nc1OCCC(C)(C)C. The van der Waals surface area contributed by atoms with Gasteiger partial charge in [-0.1, -0.05) is 34.6 Å². The molecule has 18 heavy (non-hydrogen) atoms.